The van der Waals surface area contributed by atoms with Crippen molar-refractivity contribution in [1.82, 2.24) is 20.3 Å². The summed E-state index contributed by atoms with van der Waals surface area (Å²) in [6.45, 7) is 0.591. The van der Waals surface area contributed by atoms with Crippen LogP contribution in [0.1, 0.15) is 33.3 Å². The number of aromatic nitrogens is 3. The van der Waals surface area contributed by atoms with Gasteiger partial charge >= 0.3 is 0 Å². The summed E-state index contributed by atoms with van der Waals surface area (Å²) in [6, 6.07) is 12.4. The zero-order valence-electron chi connectivity index (χ0n) is 16.1. The maximum absolute atomic E-state index is 12.2. The van der Waals surface area contributed by atoms with Gasteiger partial charge in [-0.25, -0.2) is 18.2 Å². The Balaban J connectivity index is 1.56. The largest absolute Gasteiger partial charge is 0.385 e. The summed E-state index contributed by atoms with van der Waals surface area (Å²) in [5.74, 6) is -0.387. The number of benzene rings is 2. The molecule has 0 aliphatic heterocycles. The van der Waals surface area contributed by atoms with E-state index in [0.29, 0.717) is 23.4 Å². The molecule has 0 radical (unpaired) electrons. The van der Waals surface area contributed by atoms with E-state index < -0.39 is 20.2 Å². The Bertz CT molecular complexity index is 1150. The van der Waals surface area contributed by atoms with Crippen LogP contribution < -0.4 is 10.5 Å². The van der Waals surface area contributed by atoms with Crippen LogP contribution in [0.2, 0.25) is 0 Å². The molecule has 12 heteroatoms. The monoisotopic (exact) mass is 557 g/mol. The van der Waals surface area contributed by atoms with Crippen LogP contribution in [0.5, 0.6) is 0 Å². The van der Waals surface area contributed by atoms with Crippen LogP contribution in [0, 0.1) is 0 Å². The Morgan fingerprint density at radius 3 is 2.35 bits per heavy atom. The minimum Gasteiger partial charge on any atom is -0.385 e. The number of hydrogen-bond acceptors (Lipinski definition) is 7. The molecule has 0 aliphatic carbocycles. The molecule has 2 aromatic carbocycles. The second-order valence-electron chi connectivity index (χ2n) is 6.72. The molecule has 31 heavy (non-hydrogen) atoms. The standard InChI is InChI=1S/C19H20IN5O5S/c20-18(27)17(26)13-3-1-12(2-4-13)10-25-11-15(23-24-25)9-22-19(28)14-5-7-16(8-6-14)31(21,29)30/h1-8,11,17-18,26-27H,9-10H2,(H,22,28)(H2,21,29,30)/t17-,18-/m0/s1. The third-order valence-corrected chi connectivity index (χ3v) is 6.00. The maximum atomic E-state index is 12.2. The van der Waals surface area contributed by atoms with E-state index >= 15 is 0 Å². The Labute approximate surface area is 192 Å². The minimum atomic E-state index is -3.81. The molecule has 0 saturated heterocycles. The van der Waals surface area contributed by atoms with E-state index in [1.165, 1.54) is 24.3 Å². The molecule has 164 valence electrons. The molecule has 0 saturated carbocycles. The fourth-order valence-electron chi connectivity index (χ4n) is 2.73. The number of nitrogens with one attached hydrogen (secondary N) is 1. The molecule has 0 bridgehead atoms. The smallest absolute Gasteiger partial charge is 0.251 e. The molecule has 1 heterocycles. The van der Waals surface area contributed by atoms with Crippen LogP contribution in [0.3, 0.4) is 0 Å². The first-order valence-electron chi connectivity index (χ1n) is 9.02. The van der Waals surface area contributed by atoms with Gasteiger partial charge in [0.25, 0.3) is 5.91 Å². The normalized spacial score (nSPS) is 13.5. The van der Waals surface area contributed by atoms with E-state index in [-0.39, 0.29) is 17.3 Å². The molecule has 0 aliphatic rings. The van der Waals surface area contributed by atoms with E-state index in [1.807, 2.05) is 12.1 Å². The van der Waals surface area contributed by atoms with Crippen LogP contribution in [-0.4, -0.2) is 43.6 Å². The number of primary sulfonamides is 1. The molecule has 3 aromatic rings. The number of rotatable bonds is 8. The molecule has 3 rings (SSSR count). The maximum Gasteiger partial charge on any atom is 0.251 e. The second-order valence-corrected chi connectivity index (χ2v) is 9.56. The molecule has 0 fully saturated rings. The van der Waals surface area contributed by atoms with Gasteiger partial charge in [-0.05, 0) is 58.0 Å². The highest BCUT2D eigenvalue weighted by Gasteiger charge is 2.15. The van der Waals surface area contributed by atoms with E-state index in [9.17, 15) is 23.4 Å². The van der Waals surface area contributed by atoms with Crippen molar-refractivity contribution in [3.63, 3.8) is 0 Å². The summed E-state index contributed by atoms with van der Waals surface area (Å²) < 4.78 is 23.3. The van der Waals surface area contributed by atoms with Gasteiger partial charge < -0.3 is 15.5 Å². The number of sulfonamides is 1. The Morgan fingerprint density at radius 2 is 1.77 bits per heavy atom. The number of carbonyl (C=O) groups excluding carboxylic acids is 1. The van der Waals surface area contributed by atoms with E-state index in [2.05, 4.69) is 15.6 Å². The molecule has 1 aromatic heterocycles. The number of aliphatic hydroxyl groups excluding tert-OH is 2. The fraction of sp³-hybridized carbons (Fsp3) is 0.211. The summed E-state index contributed by atoms with van der Waals surface area (Å²) >= 11 is 1.75. The molecule has 5 N–H and O–H groups in total. The lowest BCUT2D eigenvalue weighted by atomic mass is 10.1. The highest BCUT2D eigenvalue weighted by molar-refractivity contribution is 14.1. The molecule has 10 nitrogen and oxygen atoms in total. The average Bonchev–Trinajstić information content (AvgIpc) is 3.18. The lowest BCUT2D eigenvalue weighted by Gasteiger charge is -2.13. The summed E-state index contributed by atoms with van der Waals surface area (Å²) in [4.78, 5) is 12.2. The van der Waals surface area contributed by atoms with Crippen molar-refractivity contribution in [3.05, 3.63) is 77.1 Å². The van der Waals surface area contributed by atoms with Gasteiger partial charge in [0.05, 0.1) is 24.2 Å². The lowest BCUT2D eigenvalue weighted by molar-refractivity contribution is 0.0832. The summed E-state index contributed by atoms with van der Waals surface area (Å²) in [6.07, 6.45) is 0.744. The topological polar surface area (TPSA) is 160 Å². The molecular formula is C19H20IN5O5S. The van der Waals surface area contributed by atoms with Crippen molar-refractivity contribution < 1.29 is 23.4 Å². The first-order valence-corrected chi connectivity index (χ1v) is 11.8. The molecular weight excluding hydrogens is 537 g/mol. The van der Waals surface area contributed by atoms with Gasteiger partial charge in [-0.1, -0.05) is 29.5 Å². The minimum absolute atomic E-state index is 0.0694. The number of alkyl halides is 1. The number of halogens is 1. The molecule has 0 spiro atoms. The van der Waals surface area contributed by atoms with Crippen molar-refractivity contribution in [2.24, 2.45) is 5.14 Å². The van der Waals surface area contributed by atoms with Gasteiger partial charge in [-0.15, -0.1) is 5.10 Å². The van der Waals surface area contributed by atoms with Gasteiger partial charge in [0.15, 0.2) is 0 Å². The Morgan fingerprint density at radius 1 is 1.13 bits per heavy atom. The van der Waals surface area contributed by atoms with Gasteiger partial charge in [0.1, 0.15) is 15.9 Å². The average molecular weight is 557 g/mol. The predicted molar refractivity (Wildman–Crippen MR) is 120 cm³/mol. The third kappa shape index (κ3) is 6.30. The van der Waals surface area contributed by atoms with Gasteiger partial charge in [0, 0.05) is 5.56 Å². The van der Waals surface area contributed by atoms with Gasteiger partial charge in [-0.3, -0.25) is 4.79 Å². The van der Waals surface area contributed by atoms with Crippen molar-refractivity contribution in [1.29, 1.82) is 0 Å². The van der Waals surface area contributed by atoms with Crippen molar-refractivity contribution >= 4 is 38.5 Å². The third-order valence-electron chi connectivity index (χ3n) is 4.39. The Kier molecular flexibility index (Phi) is 7.38. The second kappa shape index (κ2) is 9.82. The fourth-order valence-corrected chi connectivity index (χ4v) is 3.66. The van der Waals surface area contributed by atoms with Crippen LogP contribution in [0.25, 0.3) is 0 Å². The number of amides is 1. The molecule has 2 atom stereocenters. The van der Waals surface area contributed by atoms with Crippen molar-refractivity contribution in [2.45, 2.75) is 28.2 Å². The number of nitrogens with zero attached hydrogens (tertiary/aromatic N) is 3. The van der Waals surface area contributed by atoms with E-state index in [0.717, 1.165) is 5.56 Å². The first-order chi connectivity index (χ1) is 14.6. The highest BCUT2D eigenvalue weighted by Crippen LogP contribution is 2.21. The number of carbonyl (C=O) groups is 1. The van der Waals surface area contributed by atoms with Crippen LogP contribution in [0.15, 0.2) is 59.6 Å². The zero-order chi connectivity index (χ0) is 22.6. The highest BCUT2D eigenvalue weighted by atomic mass is 127. The van der Waals surface area contributed by atoms with Gasteiger partial charge in [0.2, 0.25) is 10.0 Å². The number of hydrogen-bond donors (Lipinski definition) is 4. The van der Waals surface area contributed by atoms with Crippen molar-refractivity contribution in [3.8, 4) is 0 Å². The summed E-state index contributed by atoms with van der Waals surface area (Å²) in [5.41, 5.74) is 2.38. The lowest BCUT2D eigenvalue weighted by Crippen LogP contribution is -2.23. The molecule has 0 unspecified atom stereocenters. The zero-order valence-corrected chi connectivity index (χ0v) is 19.1. The summed E-state index contributed by atoms with van der Waals surface area (Å²) in [5, 5.41) is 35.1. The van der Waals surface area contributed by atoms with Crippen LogP contribution >= 0.6 is 22.6 Å². The quantitative estimate of drug-likeness (QED) is 0.234. The summed E-state index contributed by atoms with van der Waals surface area (Å²) in [7, 11) is -3.81. The molecule has 1 amide bonds. The number of nitrogens with two attached hydrogens (primary N) is 1. The van der Waals surface area contributed by atoms with E-state index in [1.54, 1.807) is 45.6 Å². The SMILES string of the molecule is NS(=O)(=O)c1ccc(C(=O)NCc2cn(Cc3ccc([C@H](O)[C@H](O)I)cc3)nn2)cc1. The van der Waals surface area contributed by atoms with Gasteiger partial charge in [-0.2, -0.15) is 0 Å². The van der Waals surface area contributed by atoms with Crippen LogP contribution in [0.4, 0.5) is 0 Å². The Hall–Kier alpha value is -2.39. The van der Waals surface area contributed by atoms with E-state index in [4.69, 9.17) is 5.14 Å². The predicted octanol–water partition coefficient (Wildman–Crippen LogP) is 0.691. The first kappa shape index (κ1) is 23.3. The van der Waals surface area contributed by atoms with Crippen molar-refractivity contribution in [2.75, 3.05) is 0 Å². The number of aliphatic hydroxyl groups is 2. The van der Waals surface area contributed by atoms with Crippen LogP contribution in [-0.2, 0) is 23.1 Å².